The third-order valence-corrected chi connectivity index (χ3v) is 4.61. The molecule has 1 aliphatic heterocycles. The highest BCUT2D eigenvalue weighted by molar-refractivity contribution is 7.99. The Morgan fingerprint density at radius 1 is 1.23 bits per heavy atom. The molecule has 0 bridgehead atoms. The van der Waals surface area contributed by atoms with Crippen LogP contribution in [-0.4, -0.2) is 29.5 Å². The zero-order valence-corrected chi connectivity index (χ0v) is 14.7. The summed E-state index contributed by atoms with van der Waals surface area (Å²) in [6.45, 7) is 7.76. The fraction of sp³-hybridized carbons (Fsp3) is 0.611. The number of hydrogen-bond acceptors (Lipinski definition) is 4. The van der Waals surface area contributed by atoms with E-state index >= 15 is 0 Å². The van der Waals surface area contributed by atoms with Gasteiger partial charge in [-0.05, 0) is 52.7 Å². The van der Waals surface area contributed by atoms with Crippen LogP contribution in [0.15, 0.2) is 29.2 Å². The van der Waals surface area contributed by atoms with E-state index in [0.29, 0.717) is 6.42 Å². The first-order valence-electron chi connectivity index (χ1n) is 7.88. The SMILES string of the molecule is Cc1ccc(SC[C@@H]2CC[C@H](CC(=O)OC(C)(C)C)O2)cc1. The highest BCUT2D eigenvalue weighted by atomic mass is 32.2. The van der Waals surface area contributed by atoms with Gasteiger partial charge in [0.1, 0.15) is 5.60 Å². The van der Waals surface area contributed by atoms with Crippen molar-refractivity contribution in [2.75, 3.05) is 5.75 Å². The van der Waals surface area contributed by atoms with E-state index in [1.54, 1.807) is 0 Å². The maximum Gasteiger partial charge on any atom is 0.308 e. The van der Waals surface area contributed by atoms with Crippen molar-refractivity contribution >= 4 is 17.7 Å². The van der Waals surface area contributed by atoms with Crippen LogP contribution >= 0.6 is 11.8 Å². The molecule has 1 aromatic carbocycles. The molecule has 1 fully saturated rings. The van der Waals surface area contributed by atoms with Gasteiger partial charge in [-0.1, -0.05) is 17.7 Å². The van der Waals surface area contributed by atoms with Gasteiger partial charge in [-0.15, -0.1) is 11.8 Å². The standard InChI is InChI=1S/C18H26O3S/c1-13-5-9-16(10-6-13)22-12-15-8-7-14(20-15)11-17(19)21-18(2,3)4/h5-6,9-10,14-15H,7-8,11-12H2,1-4H3/t14-,15+/m1/s1. The Morgan fingerprint density at radius 3 is 2.50 bits per heavy atom. The third-order valence-electron chi connectivity index (χ3n) is 3.47. The number of carbonyl (C=O) groups excluding carboxylic acids is 1. The molecule has 22 heavy (non-hydrogen) atoms. The molecule has 4 heteroatoms. The zero-order valence-electron chi connectivity index (χ0n) is 13.9. The molecule has 122 valence electrons. The second kappa shape index (κ2) is 7.51. The van der Waals surface area contributed by atoms with Crippen LogP contribution in [-0.2, 0) is 14.3 Å². The maximum atomic E-state index is 11.8. The van der Waals surface area contributed by atoms with Crippen LogP contribution in [0.1, 0.15) is 45.6 Å². The molecule has 0 unspecified atom stereocenters. The molecule has 0 amide bonds. The van der Waals surface area contributed by atoms with Gasteiger partial charge in [0.05, 0.1) is 18.6 Å². The summed E-state index contributed by atoms with van der Waals surface area (Å²) in [5.74, 6) is 0.776. The molecule has 0 aliphatic carbocycles. The van der Waals surface area contributed by atoms with Crippen molar-refractivity contribution in [3.8, 4) is 0 Å². The number of carbonyl (C=O) groups is 1. The molecular weight excluding hydrogens is 296 g/mol. The third kappa shape index (κ3) is 6.01. The minimum Gasteiger partial charge on any atom is -0.460 e. The first-order chi connectivity index (χ1) is 10.3. The van der Waals surface area contributed by atoms with Crippen molar-refractivity contribution < 1.29 is 14.3 Å². The topological polar surface area (TPSA) is 35.5 Å². The van der Waals surface area contributed by atoms with E-state index < -0.39 is 5.60 Å². The summed E-state index contributed by atoms with van der Waals surface area (Å²) in [6, 6.07) is 8.55. The minimum absolute atomic E-state index is 0.0125. The number of benzene rings is 1. The van der Waals surface area contributed by atoms with E-state index in [1.165, 1.54) is 10.5 Å². The number of aryl methyl sites for hydroxylation is 1. The van der Waals surface area contributed by atoms with Gasteiger partial charge < -0.3 is 9.47 Å². The van der Waals surface area contributed by atoms with Gasteiger partial charge in [-0.25, -0.2) is 0 Å². The molecule has 0 aromatic heterocycles. The highest BCUT2D eigenvalue weighted by Gasteiger charge is 2.28. The van der Waals surface area contributed by atoms with Gasteiger partial charge >= 0.3 is 5.97 Å². The fourth-order valence-electron chi connectivity index (χ4n) is 2.45. The molecule has 0 N–H and O–H groups in total. The van der Waals surface area contributed by atoms with Crippen LogP contribution in [0.5, 0.6) is 0 Å². The lowest BCUT2D eigenvalue weighted by atomic mass is 10.1. The van der Waals surface area contributed by atoms with Crippen molar-refractivity contribution in [3.05, 3.63) is 29.8 Å². The second-order valence-corrected chi connectivity index (χ2v) is 7.97. The van der Waals surface area contributed by atoms with E-state index in [1.807, 2.05) is 32.5 Å². The summed E-state index contributed by atoms with van der Waals surface area (Å²) in [7, 11) is 0. The number of ether oxygens (including phenoxy) is 2. The Kier molecular flexibility index (Phi) is 5.93. The van der Waals surface area contributed by atoms with Gasteiger partial charge in [0.25, 0.3) is 0 Å². The first-order valence-corrected chi connectivity index (χ1v) is 8.87. The fourth-order valence-corrected chi connectivity index (χ4v) is 3.40. The summed E-state index contributed by atoms with van der Waals surface area (Å²) in [6.07, 6.45) is 2.57. The summed E-state index contributed by atoms with van der Waals surface area (Å²) >= 11 is 1.82. The van der Waals surface area contributed by atoms with Crippen LogP contribution < -0.4 is 0 Å². The summed E-state index contributed by atoms with van der Waals surface area (Å²) < 4.78 is 11.3. The Balaban J connectivity index is 1.71. The average molecular weight is 322 g/mol. The predicted molar refractivity (Wildman–Crippen MR) is 90.3 cm³/mol. The van der Waals surface area contributed by atoms with E-state index in [0.717, 1.165) is 18.6 Å². The lowest BCUT2D eigenvalue weighted by molar-refractivity contribution is -0.157. The van der Waals surface area contributed by atoms with Crippen LogP contribution in [0.2, 0.25) is 0 Å². The smallest absolute Gasteiger partial charge is 0.308 e. The van der Waals surface area contributed by atoms with Crippen LogP contribution in [0.4, 0.5) is 0 Å². The molecule has 1 aliphatic rings. The molecular formula is C18H26O3S. The molecule has 2 rings (SSSR count). The van der Waals surface area contributed by atoms with E-state index in [-0.39, 0.29) is 18.2 Å². The average Bonchev–Trinajstić information content (AvgIpc) is 2.83. The van der Waals surface area contributed by atoms with Gasteiger partial charge in [-0.2, -0.15) is 0 Å². The number of rotatable bonds is 5. The highest BCUT2D eigenvalue weighted by Crippen LogP contribution is 2.28. The van der Waals surface area contributed by atoms with Crippen molar-refractivity contribution in [2.24, 2.45) is 0 Å². The van der Waals surface area contributed by atoms with Crippen molar-refractivity contribution in [1.82, 2.24) is 0 Å². The lowest BCUT2D eigenvalue weighted by Gasteiger charge is -2.21. The number of thioether (sulfide) groups is 1. The Hall–Kier alpha value is -1.00. The lowest BCUT2D eigenvalue weighted by Crippen LogP contribution is -2.26. The Labute approximate surface area is 137 Å². The summed E-state index contributed by atoms with van der Waals surface area (Å²) in [5.41, 5.74) is 0.856. The zero-order chi connectivity index (χ0) is 16.2. The molecule has 1 aromatic rings. The van der Waals surface area contributed by atoms with Crippen molar-refractivity contribution in [3.63, 3.8) is 0 Å². The van der Waals surface area contributed by atoms with Gasteiger partial charge in [0.2, 0.25) is 0 Å². The second-order valence-electron chi connectivity index (χ2n) is 6.87. The van der Waals surface area contributed by atoms with Gasteiger partial charge in [-0.3, -0.25) is 4.79 Å². The first kappa shape index (κ1) is 17.4. The van der Waals surface area contributed by atoms with Crippen molar-refractivity contribution in [1.29, 1.82) is 0 Å². The minimum atomic E-state index is -0.420. The molecule has 1 heterocycles. The molecule has 1 saturated heterocycles. The molecule has 0 spiro atoms. The van der Waals surface area contributed by atoms with Crippen molar-refractivity contribution in [2.45, 2.75) is 69.7 Å². The Bertz CT molecular complexity index is 490. The van der Waals surface area contributed by atoms with Gasteiger partial charge in [0.15, 0.2) is 0 Å². The molecule has 2 atom stereocenters. The van der Waals surface area contributed by atoms with Crippen LogP contribution in [0.3, 0.4) is 0 Å². The van der Waals surface area contributed by atoms with E-state index in [2.05, 4.69) is 31.2 Å². The quantitative estimate of drug-likeness (QED) is 0.596. The normalized spacial score (nSPS) is 21.8. The van der Waals surface area contributed by atoms with E-state index in [4.69, 9.17) is 9.47 Å². The summed E-state index contributed by atoms with van der Waals surface area (Å²) in [4.78, 5) is 13.1. The van der Waals surface area contributed by atoms with Crippen LogP contribution in [0.25, 0.3) is 0 Å². The monoisotopic (exact) mass is 322 g/mol. The largest absolute Gasteiger partial charge is 0.460 e. The van der Waals surface area contributed by atoms with E-state index in [9.17, 15) is 4.79 Å². The molecule has 0 radical (unpaired) electrons. The maximum absolute atomic E-state index is 11.8. The van der Waals surface area contributed by atoms with Gasteiger partial charge in [0, 0.05) is 10.6 Å². The Morgan fingerprint density at radius 2 is 1.86 bits per heavy atom. The summed E-state index contributed by atoms with van der Waals surface area (Å²) in [5, 5.41) is 0. The number of esters is 1. The number of hydrogen-bond donors (Lipinski definition) is 0. The predicted octanol–water partition coefficient (Wildman–Crippen LogP) is 4.37. The molecule has 0 saturated carbocycles. The van der Waals surface area contributed by atoms with Crippen LogP contribution in [0, 0.1) is 6.92 Å². The molecule has 3 nitrogen and oxygen atoms in total.